The van der Waals surface area contributed by atoms with E-state index in [1.54, 1.807) is 0 Å². The lowest BCUT2D eigenvalue weighted by atomic mass is 10.1. The van der Waals surface area contributed by atoms with Crippen LogP contribution in [0.3, 0.4) is 0 Å². The molecule has 1 aliphatic rings. The molecule has 0 amide bonds. The standard InChI is InChI=1S/C8H16O2/c1-6(10)4-8-5-7(8)2-3-9/h6-10H,2-5H2,1H3/t6?,7-,8?/m0/s1. The van der Waals surface area contributed by atoms with Crippen molar-refractivity contribution in [3.63, 3.8) is 0 Å². The molecule has 10 heavy (non-hydrogen) atoms. The Kier molecular flexibility index (Phi) is 2.69. The Hall–Kier alpha value is -0.0800. The van der Waals surface area contributed by atoms with Gasteiger partial charge in [-0.1, -0.05) is 0 Å². The second kappa shape index (κ2) is 3.35. The monoisotopic (exact) mass is 144 g/mol. The fourth-order valence-electron chi connectivity index (χ4n) is 1.56. The third-order valence-corrected chi connectivity index (χ3v) is 2.21. The molecule has 3 atom stereocenters. The zero-order valence-corrected chi connectivity index (χ0v) is 6.45. The minimum atomic E-state index is -0.159. The van der Waals surface area contributed by atoms with Gasteiger partial charge in [0.15, 0.2) is 0 Å². The van der Waals surface area contributed by atoms with Crippen LogP contribution in [0.4, 0.5) is 0 Å². The lowest BCUT2D eigenvalue weighted by molar-refractivity contribution is 0.173. The van der Waals surface area contributed by atoms with E-state index in [2.05, 4.69) is 0 Å². The van der Waals surface area contributed by atoms with Crippen LogP contribution < -0.4 is 0 Å². The zero-order valence-electron chi connectivity index (χ0n) is 6.45. The molecular formula is C8H16O2. The minimum absolute atomic E-state index is 0.159. The van der Waals surface area contributed by atoms with Crippen molar-refractivity contribution in [3.8, 4) is 0 Å². The minimum Gasteiger partial charge on any atom is -0.396 e. The number of rotatable bonds is 4. The van der Waals surface area contributed by atoms with E-state index < -0.39 is 0 Å². The van der Waals surface area contributed by atoms with Crippen molar-refractivity contribution in [2.45, 2.75) is 32.3 Å². The SMILES string of the molecule is CC(O)CC1C[C@@H]1CCO. The Balaban J connectivity index is 2.02. The summed E-state index contributed by atoms with van der Waals surface area (Å²) >= 11 is 0. The largest absolute Gasteiger partial charge is 0.396 e. The van der Waals surface area contributed by atoms with Gasteiger partial charge in [-0.3, -0.25) is 0 Å². The summed E-state index contributed by atoms with van der Waals surface area (Å²) < 4.78 is 0. The van der Waals surface area contributed by atoms with Crippen molar-refractivity contribution in [2.24, 2.45) is 11.8 Å². The van der Waals surface area contributed by atoms with Crippen LogP contribution in [0.5, 0.6) is 0 Å². The summed E-state index contributed by atoms with van der Waals surface area (Å²) in [6, 6.07) is 0. The molecule has 2 unspecified atom stereocenters. The molecule has 1 rings (SSSR count). The van der Waals surface area contributed by atoms with E-state index in [1.165, 1.54) is 6.42 Å². The van der Waals surface area contributed by atoms with E-state index in [0.717, 1.165) is 12.8 Å². The lowest BCUT2D eigenvalue weighted by Crippen LogP contribution is -2.01. The van der Waals surface area contributed by atoms with Crippen LogP contribution >= 0.6 is 0 Å². The van der Waals surface area contributed by atoms with Crippen molar-refractivity contribution in [1.82, 2.24) is 0 Å². The topological polar surface area (TPSA) is 40.5 Å². The summed E-state index contributed by atoms with van der Waals surface area (Å²) in [6.07, 6.45) is 2.90. The maximum absolute atomic E-state index is 8.99. The van der Waals surface area contributed by atoms with E-state index in [4.69, 9.17) is 10.2 Å². The van der Waals surface area contributed by atoms with Crippen molar-refractivity contribution < 1.29 is 10.2 Å². The van der Waals surface area contributed by atoms with E-state index in [-0.39, 0.29) is 6.10 Å². The molecule has 0 saturated heterocycles. The molecular weight excluding hydrogens is 128 g/mol. The van der Waals surface area contributed by atoms with Gasteiger partial charge in [0.05, 0.1) is 6.10 Å². The van der Waals surface area contributed by atoms with Gasteiger partial charge in [-0.2, -0.15) is 0 Å². The number of aliphatic hydroxyl groups excluding tert-OH is 2. The molecule has 0 aromatic carbocycles. The highest BCUT2D eigenvalue weighted by Gasteiger charge is 2.36. The maximum atomic E-state index is 8.99. The van der Waals surface area contributed by atoms with Crippen LogP contribution in [0.15, 0.2) is 0 Å². The first kappa shape index (κ1) is 8.02. The Morgan fingerprint density at radius 3 is 2.70 bits per heavy atom. The summed E-state index contributed by atoms with van der Waals surface area (Å²) in [6.45, 7) is 2.13. The number of aliphatic hydroxyl groups is 2. The molecule has 1 saturated carbocycles. The van der Waals surface area contributed by atoms with Crippen LogP contribution in [0, 0.1) is 11.8 Å². The fourth-order valence-corrected chi connectivity index (χ4v) is 1.56. The molecule has 0 bridgehead atoms. The Labute approximate surface area is 61.9 Å². The van der Waals surface area contributed by atoms with Gasteiger partial charge < -0.3 is 10.2 Å². The summed E-state index contributed by atoms with van der Waals surface area (Å²) in [5.41, 5.74) is 0. The Morgan fingerprint density at radius 2 is 2.20 bits per heavy atom. The van der Waals surface area contributed by atoms with Crippen molar-refractivity contribution in [1.29, 1.82) is 0 Å². The van der Waals surface area contributed by atoms with Crippen LogP contribution in [0.1, 0.15) is 26.2 Å². The molecule has 0 radical (unpaired) electrons. The smallest absolute Gasteiger partial charge is 0.0514 e. The average Bonchev–Trinajstić information content (AvgIpc) is 2.47. The summed E-state index contributed by atoms with van der Waals surface area (Å²) in [5.74, 6) is 1.41. The second-order valence-corrected chi connectivity index (χ2v) is 3.35. The molecule has 0 aromatic heterocycles. The van der Waals surface area contributed by atoms with Gasteiger partial charge in [-0.25, -0.2) is 0 Å². The van der Waals surface area contributed by atoms with Crippen molar-refractivity contribution >= 4 is 0 Å². The van der Waals surface area contributed by atoms with Crippen molar-refractivity contribution in [3.05, 3.63) is 0 Å². The third-order valence-electron chi connectivity index (χ3n) is 2.21. The van der Waals surface area contributed by atoms with E-state index in [1.807, 2.05) is 6.92 Å². The number of hydrogen-bond acceptors (Lipinski definition) is 2. The first-order valence-corrected chi connectivity index (χ1v) is 4.03. The highest BCUT2D eigenvalue weighted by atomic mass is 16.3. The highest BCUT2D eigenvalue weighted by molar-refractivity contribution is 4.86. The number of hydrogen-bond donors (Lipinski definition) is 2. The molecule has 1 fully saturated rings. The molecule has 0 aromatic rings. The molecule has 60 valence electrons. The first-order valence-electron chi connectivity index (χ1n) is 4.03. The highest BCUT2D eigenvalue weighted by Crippen LogP contribution is 2.44. The van der Waals surface area contributed by atoms with E-state index in [0.29, 0.717) is 18.4 Å². The zero-order chi connectivity index (χ0) is 7.56. The molecule has 0 aliphatic heterocycles. The maximum Gasteiger partial charge on any atom is 0.0514 e. The Bertz CT molecular complexity index is 101. The van der Waals surface area contributed by atoms with Gasteiger partial charge in [-0.05, 0) is 38.0 Å². The quantitative estimate of drug-likeness (QED) is 0.612. The third kappa shape index (κ3) is 2.27. The van der Waals surface area contributed by atoms with E-state index in [9.17, 15) is 0 Å². The average molecular weight is 144 g/mol. The molecule has 2 heteroatoms. The summed E-state index contributed by atoms with van der Waals surface area (Å²) in [5, 5.41) is 17.6. The fraction of sp³-hybridized carbons (Fsp3) is 1.00. The Morgan fingerprint density at radius 1 is 1.50 bits per heavy atom. The van der Waals surface area contributed by atoms with Gasteiger partial charge in [0.2, 0.25) is 0 Å². The van der Waals surface area contributed by atoms with Gasteiger partial charge in [0, 0.05) is 6.61 Å². The predicted octanol–water partition coefficient (Wildman–Crippen LogP) is 0.776. The van der Waals surface area contributed by atoms with Gasteiger partial charge in [0.25, 0.3) is 0 Å². The lowest BCUT2D eigenvalue weighted by Gasteiger charge is -2.00. The van der Waals surface area contributed by atoms with Crippen LogP contribution in [-0.2, 0) is 0 Å². The van der Waals surface area contributed by atoms with Crippen molar-refractivity contribution in [2.75, 3.05) is 6.61 Å². The second-order valence-electron chi connectivity index (χ2n) is 3.35. The van der Waals surface area contributed by atoms with Crippen LogP contribution in [-0.4, -0.2) is 22.9 Å². The summed E-state index contributed by atoms with van der Waals surface area (Å²) in [4.78, 5) is 0. The molecule has 2 N–H and O–H groups in total. The molecule has 0 heterocycles. The van der Waals surface area contributed by atoms with Gasteiger partial charge >= 0.3 is 0 Å². The van der Waals surface area contributed by atoms with Gasteiger partial charge in [-0.15, -0.1) is 0 Å². The van der Waals surface area contributed by atoms with Gasteiger partial charge in [0.1, 0.15) is 0 Å². The normalized spacial score (nSPS) is 33.9. The van der Waals surface area contributed by atoms with Crippen LogP contribution in [0.2, 0.25) is 0 Å². The van der Waals surface area contributed by atoms with Crippen LogP contribution in [0.25, 0.3) is 0 Å². The molecule has 2 nitrogen and oxygen atoms in total. The predicted molar refractivity (Wildman–Crippen MR) is 39.6 cm³/mol. The molecule has 1 aliphatic carbocycles. The van der Waals surface area contributed by atoms with E-state index >= 15 is 0 Å². The summed E-state index contributed by atoms with van der Waals surface area (Å²) in [7, 11) is 0. The molecule has 0 spiro atoms. The first-order chi connectivity index (χ1) is 4.74.